The van der Waals surface area contributed by atoms with Crippen LogP contribution >= 0.6 is 0 Å². The highest BCUT2D eigenvalue weighted by atomic mass is 16.2. The Hall–Kier alpha value is -2.37. The van der Waals surface area contributed by atoms with Crippen LogP contribution in [0.4, 0.5) is 0 Å². The minimum Gasteiger partial charge on any atom is -0.337 e. The molecule has 4 rings (SSSR count). The minimum absolute atomic E-state index is 0.00861. The Morgan fingerprint density at radius 3 is 2.74 bits per heavy atom. The third-order valence-electron chi connectivity index (χ3n) is 5.19. The number of hydrogen-bond donors (Lipinski definition) is 0. The molecule has 3 heterocycles. The van der Waals surface area contributed by atoms with Crippen molar-refractivity contribution in [1.82, 2.24) is 24.8 Å². The number of hydrogen-bond acceptors (Lipinski definition) is 5. The van der Waals surface area contributed by atoms with Crippen molar-refractivity contribution >= 4 is 5.91 Å². The van der Waals surface area contributed by atoms with Crippen molar-refractivity contribution in [2.75, 3.05) is 13.1 Å². The van der Waals surface area contributed by atoms with Gasteiger partial charge in [0, 0.05) is 37.9 Å². The molecule has 0 unspecified atom stereocenters. The summed E-state index contributed by atoms with van der Waals surface area (Å²) >= 11 is 0. The van der Waals surface area contributed by atoms with Crippen LogP contribution in [0.1, 0.15) is 28.9 Å². The smallest absolute Gasteiger partial charge is 0.274 e. The predicted octanol–water partition coefficient (Wildman–Crippen LogP) is 1.61. The zero-order valence-corrected chi connectivity index (χ0v) is 12.9. The van der Waals surface area contributed by atoms with E-state index in [0.29, 0.717) is 23.4 Å². The molecule has 6 heteroatoms. The summed E-state index contributed by atoms with van der Waals surface area (Å²) in [5, 5.41) is 0. The largest absolute Gasteiger partial charge is 0.337 e. The summed E-state index contributed by atoms with van der Waals surface area (Å²) in [7, 11) is 0. The molecule has 2 aromatic rings. The highest BCUT2D eigenvalue weighted by Crippen LogP contribution is 2.43. The molecule has 2 fully saturated rings. The van der Waals surface area contributed by atoms with Gasteiger partial charge in [-0.25, -0.2) is 15.0 Å². The van der Waals surface area contributed by atoms with Gasteiger partial charge in [-0.1, -0.05) is 0 Å². The molecule has 1 amide bonds. The monoisotopic (exact) mass is 309 g/mol. The van der Waals surface area contributed by atoms with Crippen LogP contribution < -0.4 is 0 Å². The molecule has 23 heavy (non-hydrogen) atoms. The Morgan fingerprint density at radius 1 is 1.09 bits per heavy atom. The molecule has 3 atom stereocenters. The lowest BCUT2D eigenvalue weighted by Crippen LogP contribution is -2.31. The number of fused-ring (bicyclic) bond motifs is 1. The molecule has 2 aromatic heterocycles. The molecule has 2 aliphatic rings. The van der Waals surface area contributed by atoms with Gasteiger partial charge in [0.1, 0.15) is 12.0 Å². The molecular formula is C17H19N5O. The molecule has 118 valence electrons. The number of carbonyl (C=O) groups excluding carboxylic acids is 1. The van der Waals surface area contributed by atoms with Crippen LogP contribution in [0, 0.1) is 17.8 Å². The first-order valence-corrected chi connectivity index (χ1v) is 8.10. The summed E-state index contributed by atoms with van der Waals surface area (Å²) in [4.78, 5) is 30.8. The van der Waals surface area contributed by atoms with Crippen molar-refractivity contribution in [3.8, 4) is 0 Å². The number of nitrogens with zero attached hydrogens (tertiary/aromatic N) is 5. The second-order valence-corrected chi connectivity index (χ2v) is 6.51. The van der Waals surface area contributed by atoms with E-state index in [4.69, 9.17) is 0 Å². The van der Waals surface area contributed by atoms with Gasteiger partial charge in [0.05, 0.1) is 6.20 Å². The first-order valence-electron chi connectivity index (χ1n) is 8.10. The molecule has 0 radical (unpaired) electrons. The van der Waals surface area contributed by atoms with Crippen molar-refractivity contribution in [3.63, 3.8) is 0 Å². The van der Waals surface area contributed by atoms with E-state index in [0.717, 1.165) is 19.5 Å². The lowest BCUT2D eigenvalue weighted by molar-refractivity contribution is 0.0770. The second-order valence-electron chi connectivity index (χ2n) is 6.51. The fourth-order valence-electron chi connectivity index (χ4n) is 4.11. The molecule has 6 nitrogen and oxygen atoms in total. The van der Waals surface area contributed by atoms with Crippen LogP contribution in [-0.4, -0.2) is 43.8 Å². The Morgan fingerprint density at radius 2 is 1.96 bits per heavy atom. The Bertz CT molecular complexity index is 678. The summed E-state index contributed by atoms with van der Waals surface area (Å²) in [5.41, 5.74) is 1.64. The molecule has 1 aliphatic carbocycles. The Balaban J connectivity index is 1.44. The topological polar surface area (TPSA) is 71.9 Å². The normalized spacial score (nSPS) is 26.3. The van der Waals surface area contributed by atoms with E-state index in [1.54, 1.807) is 24.9 Å². The van der Waals surface area contributed by atoms with Gasteiger partial charge >= 0.3 is 0 Å². The van der Waals surface area contributed by atoms with Gasteiger partial charge in [-0.05, 0) is 42.6 Å². The fraction of sp³-hybridized carbons (Fsp3) is 0.471. The van der Waals surface area contributed by atoms with E-state index in [1.165, 1.54) is 18.4 Å². The van der Waals surface area contributed by atoms with Gasteiger partial charge < -0.3 is 4.90 Å². The van der Waals surface area contributed by atoms with Crippen LogP contribution in [0.25, 0.3) is 0 Å². The average molecular weight is 309 g/mol. The highest BCUT2D eigenvalue weighted by Gasteiger charge is 2.44. The van der Waals surface area contributed by atoms with Gasteiger partial charge in [0.25, 0.3) is 5.91 Å². The summed E-state index contributed by atoms with van der Waals surface area (Å²) in [6.07, 6.45) is 13.5. The van der Waals surface area contributed by atoms with Crippen molar-refractivity contribution in [3.05, 3.63) is 48.6 Å². The Kier molecular flexibility index (Phi) is 3.73. The standard InChI is InChI=1S/C17H19N5O/c23-17(16-8-18-3-4-21-16)22-9-14-2-1-13(15(14)10-22)5-12-6-19-11-20-7-12/h3-4,6-8,11,13-15H,1-2,5,9-10H2/t13-,14-,15-/m1/s1. The summed E-state index contributed by atoms with van der Waals surface area (Å²) < 4.78 is 0. The first kappa shape index (κ1) is 14.2. The maximum atomic E-state index is 12.5. The Labute approximate surface area is 135 Å². The summed E-state index contributed by atoms with van der Waals surface area (Å²) in [5.74, 6) is 1.82. The molecule has 0 aromatic carbocycles. The molecular weight excluding hydrogens is 290 g/mol. The van der Waals surface area contributed by atoms with Crippen molar-refractivity contribution in [1.29, 1.82) is 0 Å². The van der Waals surface area contributed by atoms with Gasteiger partial charge in [-0.3, -0.25) is 9.78 Å². The quantitative estimate of drug-likeness (QED) is 0.861. The van der Waals surface area contributed by atoms with Gasteiger partial charge in [0.15, 0.2) is 0 Å². The molecule has 1 saturated carbocycles. The maximum absolute atomic E-state index is 12.5. The molecule has 0 N–H and O–H groups in total. The van der Waals surface area contributed by atoms with Crippen LogP contribution in [-0.2, 0) is 6.42 Å². The van der Waals surface area contributed by atoms with Crippen LogP contribution in [0.2, 0.25) is 0 Å². The average Bonchev–Trinajstić information content (AvgIpc) is 3.18. The predicted molar refractivity (Wildman–Crippen MR) is 83.4 cm³/mol. The van der Waals surface area contributed by atoms with Gasteiger partial charge in [-0.15, -0.1) is 0 Å². The minimum atomic E-state index is 0.00861. The number of likely N-dealkylation sites (tertiary alicyclic amines) is 1. The van der Waals surface area contributed by atoms with Crippen molar-refractivity contribution < 1.29 is 4.79 Å². The van der Waals surface area contributed by atoms with E-state index in [9.17, 15) is 4.79 Å². The number of aromatic nitrogens is 4. The van der Waals surface area contributed by atoms with Crippen molar-refractivity contribution in [2.45, 2.75) is 19.3 Å². The number of amides is 1. The van der Waals surface area contributed by atoms with E-state index in [-0.39, 0.29) is 5.91 Å². The summed E-state index contributed by atoms with van der Waals surface area (Å²) in [6.45, 7) is 1.68. The van der Waals surface area contributed by atoms with Crippen LogP contribution in [0.5, 0.6) is 0 Å². The van der Waals surface area contributed by atoms with E-state index in [1.807, 2.05) is 17.3 Å². The van der Waals surface area contributed by atoms with Crippen LogP contribution in [0.15, 0.2) is 37.3 Å². The fourth-order valence-corrected chi connectivity index (χ4v) is 4.11. The van der Waals surface area contributed by atoms with E-state index >= 15 is 0 Å². The molecule has 1 saturated heterocycles. The third kappa shape index (κ3) is 2.81. The highest BCUT2D eigenvalue weighted by molar-refractivity contribution is 5.92. The SMILES string of the molecule is O=C(c1cnccn1)N1C[C@H]2CC[C@H](Cc3cncnc3)[C@H]2C1. The van der Waals surface area contributed by atoms with Gasteiger partial charge in [-0.2, -0.15) is 0 Å². The lowest BCUT2D eigenvalue weighted by Gasteiger charge is -2.20. The third-order valence-corrected chi connectivity index (χ3v) is 5.19. The zero-order valence-electron chi connectivity index (χ0n) is 12.9. The summed E-state index contributed by atoms with van der Waals surface area (Å²) in [6, 6.07) is 0. The van der Waals surface area contributed by atoms with Gasteiger partial charge in [0.2, 0.25) is 0 Å². The zero-order chi connectivity index (χ0) is 15.6. The molecule has 1 aliphatic heterocycles. The van der Waals surface area contributed by atoms with E-state index < -0.39 is 0 Å². The molecule has 0 bridgehead atoms. The van der Waals surface area contributed by atoms with Crippen LogP contribution in [0.3, 0.4) is 0 Å². The van der Waals surface area contributed by atoms with E-state index in [2.05, 4.69) is 19.9 Å². The molecule has 0 spiro atoms. The number of rotatable bonds is 3. The number of carbonyl (C=O) groups is 1. The maximum Gasteiger partial charge on any atom is 0.274 e. The lowest BCUT2D eigenvalue weighted by atomic mass is 9.88. The second kappa shape index (κ2) is 6.02. The first-order chi connectivity index (χ1) is 11.3. The van der Waals surface area contributed by atoms with Crippen molar-refractivity contribution in [2.24, 2.45) is 17.8 Å².